The predicted molar refractivity (Wildman–Crippen MR) is 81.1 cm³/mol. The SMILES string of the molecule is CC1(C)CCCN1C(=O)c1cnc(Cl)c2ccccc12. The number of rotatable bonds is 1. The Morgan fingerprint density at radius 2 is 2.00 bits per heavy atom. The molecule has 0 atom stereocenters. The van der Waals surface area contributed by atoms with E-state index in [1.165, 1.54) is 0 Å². The highest BCUT2D eigenvalue weighted by atomic mass is 35.5. The van der Waals surface area contributed by atoms with E-state index in [2.05, 4.69) is 18.8 Å². The van der Waals surface area contributed by atoms with Crippen LogP contribution in [0.15, 0.2) is 30.5 Å². The van der Waals surface area contributed by atoms with Gasteiger partial charge < -0.3 is 4.90 Å². The average Bonchev–Trinajstić information content (AvgIpc) is 2.78. The number of benzene rings is 1. The number of carbonyl (C=O) groups excluding carboxylic acids is 1. The molecule has 3 nitrogen and oxygen atoms in total. The molecule has 1 aliphatic heterocycles. The minimum absolute atomic E-state index is 0.0490. The lowest BCUT2D eigenvalue weighted by Crippen LogP contribution is -2.42. The van der Waals surface area contributed by atoms with Crippen LogP contribution < -0.4 is 0 Å². The van der Waals surface area contributed by atoms with E-state index in [0.29, 0.717) is 10.7 Å². The molecule has 3 rings (SSSR count). The van der Waals surface area contributed by atoms with Gasteiger partial charge in [0.1, 0.15) is 5.15 Å². The molecule has 1 aliphatic rings. The van der Waals surface area contributed by atoms with Crippen LogP contribution >= 0.6 is 11.6 Å². The molecule has 1 fully saturated rings. The molecule has 4 heteroatoms. The summed E-state index contributed by atoms with van der Waals surface area (Å²) in [5.74, 6) is 0.0490. The second kappa shape index (κ2) is 4.74. The molecule has 0 N–H and O–H groups in total. The van der Waals surface area contributed by atoms with Crippen molar-refractivity contribution in [2.45, 2.75) is 32.2 Å². The third-order valence-corrected chi connectivity index (χ3v) is 4.42. The van der Waals surface area contributed by atoms with Crippen molar-refractivity contribution in [3.05, 3.63) is 41.2 Å². The van der Waals surface area contributed by atoms with Crippen molar-refractivity contribution in [3.63, 3.8) is 0 Å². The zero-order valence-corrected chi connectivity index (χ0v) is 12.4. The molecule has 1 amide bonds. The quantitative estimate of drug-likeness (QED) is 0.746. The monoisotopic (exact) mass is 288 g/mol. The molecule has 0 bridgehead atoms. The molecular formula is C16H17ClN2O. The van der Waals surface area contributed by atoms with Crippen molar-refractivity contribution in [2.75, 3.05) is 6.54 Å². The van der Waals surface area contributed by atoms with Gasteiger partial charge in [-0.3, -0.25) is 4.79 Å². The summed E-state index contributed by atoms with van der Waals surface area (Å²) in [6.07, 6.45) is 3.69. The summed E-state index contributed by atoms with van der Waals surface area (Å²) in [5.41, 5.74) is 0.553. The van der Waals surface area contributed by atoms with Gasteiger partial charge in [-0.1, -0.05) is 35.9 Å². The van der Waals surface area contributed by atoms with Crippen molar-refractivity contribution < 1.29 is 4.79 Å². The van der Waals surface area contributed by atoms with E-state index in [0.717, 1.165) is 30.2 Å². The van der Waals surface area contributed by atoms with Gasteiger partial charge in [-0.15, -0.1) is 0 Å². The van der Waals surface area contributed by atoms with Gasteiger partial charge in [-0.2, -0.15) is 0 Å². The van der Waals surface area contributed by atoms with Gasteiger partial charge >= 0.3 is 0 Å². The minimum atomic E-state index is -0.0855. The molecule has 0 radical (unpaired) electrons. The fourth-order valence-corrected chi connectivity index (χ4v) is 3.17. The Morgan fingerprint density at radius 3 is 2.65 bits per heavy atom. The van der Waals surface area contributed by atoms with E-state index < -0.39 is 0 Å². The van der Waals surface area contributed by atoms with Crippen LogP contribution in [0.3, 0.4) is 0 Å². The number of likely N-dealkylation sites (tertiary alicyclic amines) is 1. The van der Waals surface area contributed by atoms with Crippen molar-refractivity contribution in [1.82, 2.24) is 9.88 Å². The number of hydrogen-bond acceptors (Lipinski definition) is 2. The van der Waals surface area contributed by atoms with Crippen LogP contribution in [0, 0.1) is 0 Å². The number of fused-ring (bicyclic) bond motifs is 1. The fourth-order valence-electron chi connectivity index (χ4n) is 2.96. The predicted octanol–water partition coefficient (Wildman–Crippen LogP) is 3.90. The second-order valence-corrected chi connectivity index (χ2v) is 6.24. The summed E-state index contributed by atoms with van der Waals surface area (Å²) in [5, 5.41) is 2.15. The van der Waals surface area contributed by atoms with Gasteiger partial charge in [-0.05, 0) is 32.1 Å². The van der Waals surface area contributed by atoms with Crippen LogP contribution in [0.5, 0.6) is 0 Å². The van der Waals surface area contributed by atoms with E-state index in [-0.39, 0.29) is 11.4 Å². The van der Waals surface area contributed by atoms with Crippen LogP contribution in [-0.2, 0) is 0 Å². The number of amides is 1. The molecule has 20 heavy (non-hydrogen) atoms. The summed E-state index contributed by atoms with van der Waals surface area (Å²) in [6, 6.07) is 7.66. The maximum Gasteiger partial charge on any atom is 0.256 e. The highest BCUT2D eigenvalue weighted by Crippen LogP contribution is 2.32. The Kier molecular flexibility index (Phi) is 3.17. The maximum absolute atomic E-state index is 12.8. The van der Waals surface area contributed by atoms with Crippen LogP contribution in [0.2, 0.25) is 5.15 Å². The fraction of sp³-hybridized carbons (Fsp3) is 0.375. The first-order valence-electron chi connectivity index (χ1n) is 6.86. The van der Waals surface area contributed by atoms with Crippen molar-refractivity contribution in [1.29, 1.82) is 0 Å². The number of pyridine rings is 1. The summed E-state index contributed by atoms with van der Waals surface area (Å²) in [4.78, 5) is 18.9. The molecule has 0 unspecified atom stereocenters. The highest BCUT2D eigenvalue weighted by Gasteiger charge is 2.36. The molecule has 0 aliphatic carbocycles. The van der Waals surface area contributed by atoms with Gasteiger partial charge in [0.25, 0.3) is 5.91 Å². The van der Waals surface area contributed by atoms with E-state index in [1.807, 2.05) is 29.2 Å². The van der Waals surface area contributed by atoms with Crippen molar-refractivity contribution in [2.24, 2.45) is 0 Å². The lowest BCUT2D eigenvalue weighted by atomic mass is 10.0. The van der Waals surface area contributed by atoms with Gasteiger partial charge in [-0.25, -0.2) is 4.98 Å². The van der Waals surface area contributed by atoms with Gasteiger partial charge in [0, 0.05) is 23.7 Å². The summed E-state index contributed by atoms with van der Waals surface area (Å²) in [7, 11) is 0. The molecule has 2 aromatic rings. The zero-order valence-electron chi connectivity index (χ0n) is 11.7. The lowest BCUT2D eigenvalue weighted by Gasteiger charge is -2.32. The van der Waals surface area contributed by atoms with Crippen LogP contribution in [0.25, 0.3) is 10.8 Å². The molecular weight excluding hydrogens is 272 g/mol. The third kappa shape index (κ3) is 2.06. The molecule has 0 spiro atoms. The van der Waals surface area contributed by atoms with Gasteiger partial charge in [0.05, 0.1) is 5.56 Å². The Morgan fingerprint density at radius 1 is 1.30 bits per heavy atom. The largest absolute Gasteiger partial charge is 0.333 e. The smallest absolute Gasteiger partial charge is 0.256 e. The first-order chi connectivity index (χ1) is 9.50. The Labute approximate surface area is 123 Å². The number of hydrogen-bond donors (Lipinski definition) is 0. The van der Waals surface area contributed by atoms with E-state index >= 15 is 0 Å². The van der Waals surface area contributed by atoms with E-state index in [1.54, 1.807) is 6.20 Å². The molecule has 104 valence electrons. The molecule has 2 heterocycles. The first kappa shape index (κ1) is 13.4. The summed E-state index contributed by atoms with van der Waals surface area (Å²) >= 11 is 6.11. The van der Waals surface area contributed by atoms with Crippen molar-refractivity contribution >= 4 is 28.3 Å². The third-order valence-electron chi connectivity index (χ3n) is 4.12. The number of carbonyl (C=O) groups is 1. The topological polar surface area (TPSA) is 33.2 Å². The number of aromatic nitrogens is 1. The molecule has 1 aromatic carbocycles. The first-order valence-corrected chi connectivity index (χ1v) is 7.24. The molecule has 1 saturated heterocycles. The van der Waals surface area contributed by atoms with Crippen LogP contribution in [0.4, 0.5) is 0 Å². The normalized spacial score (nSPS) is 17.6. The average molecular weight is 289 g/mol. The highest BCUT2D eigenvalue weighted by molar-refractivity contribution is 6.34. The van der Waals surface area contributed by atoms with Gasteiger partial charge in [0.2, 0.25) is 0 Å². The van der Waals surface area contributed by atoms with E-state index in [4.69, 9.17) is 11.6 Å². The lowest BCUT2D eigenvalue weighted by molar-refractivity contribution is 0.0653. The second-order valence-electron chi connectivity index (χ2n) is 5.88. The van der Waals surface area contributed by atoms with Crippen LogP contribution in [0.1, 0.15) is 37.0 Å². The number of nitrogens with zero attached hydrogens (tertiary/aromatic N) is 2. The Bertz CT molecular complexity index is 681. The Hall–Kier alpha value is -1.61. The standard InChI is InChI=1S/C16H17ClN2O/c1-16(2)8-5-9-19(16)15(20)13-10-18-14(17)12-7-4-3-6-11(12)13/h3-4,6-7,10H,5,8-9H2,1-2H3. The summed E-state index contributed by atoms with van der Waals surface area (Å²) < 4.78 is 0. The van der Waals surface area contributed by atoms with Gasteiger partial charge in [0.15, 0.2) is 0 Å². The molecule has 0 saturated carbocycles. The minimum Gasteiger partial charge on any atom is -0.333 e. The van der Waals surface area contributed by atoms with Crippen LogP contribution in [-0.4, -0.2) is 27.9 Å². The van der Waals surface area contributed by atoms with Crippen molar-refractivity contribution in [3.8, 4) is 0 Å². The summed E-state index contributed by atoms with van der Waals surface area (Å²) in [6.45, 7) is 5.04. The zero-order chi connectivity index (χ0) is 14.3. The maximum atomic E-state index is 12.8. The Balaban J connectivity index is 2.11. The molecule has 1 aromatic heterocycles. The van der Waals surface area contributed by atoms with E-state index in [9.17, 15) is 4.79 Å². The number of halogens is 1.